The quantitative estimate of drug-likeness (QED) is 0.778. The Morgan fingerprint density at radius 2 is 2.21 bits per heavy atom. The Balaban J connectivity index is 2.67. The minimum absolute atomic E-state index is 0.195. The van der Waals surface area contributed by atoms with Crippen molar-refractivity contribution in [3.8, 4) is 5.75 Å². The van der Waals surface area contributed by atoms with Gasteiger partial charge in [0.05, 0.1) is 11.1 Å². The van der Waals surface area contributed by atoms with Crippen LogP contribution < -0.4 is 10.5 Å². The molecule has 1 aromatic rings. The Kier molecular flexibility index (Phi) is 4.08. The molecule has 0 saturated heterocycles. The summed E-state index contributed by atoms with van der Waals surface area (Å²) in [5, 5.41) is 0.577. The smallest absolute Gasteiger partial charge is 0.138 e. The summed E-state index contributed by atoms with van der Waals surface area (Å²) >= 11 is 5.97. The number of anilines is 1. The maximum atomic E-state index is 5.97. The van der Waals surface area contributed by atoms with Crippen LogP contribution in [-0.2, 0) is 0 Å². The van der Waals surface area contributed by atoms with Crippen LogP contribution in [0.5, 0.6) is 5.75 Å². The maximum Gasteiger partial charge on any atom is 0.138 e. The van der Waals surface area contributed by atoms with Crippen LogP contribution in [0.3, 0.4) is 0 Å². The first kappa shape index (κ1) is 11.2. The van der Waals surface area contributed by atoms with E-state index < -0.39 is 0 Å². The molecular weight excluding hydrogens is 198 g/mol. The van der Waals surface area contributed by atoms with E-state index in [1.165, 1.54) is 0 Å². The predicted octanol–water partition coefficient (Wildman–Crippen LogP) is 3.49. The monoisotopic (exact) mass is 213 g/mol. The van der Waals surface area contributed by atoms with Crippen LogP contribution in [0.25, 0.3) is 0 Å². The van der Waals surface area contributed by atoms with Gasteiger partial charge in [0.25, 0.3) is 0 Å². The standard InChI is InChI=1S/C11H16ClNO/c1-3-4-8(2)14-11-6-5-9(13)7-10(11)12/h5-8H,3-4,13H2,1-2H3. The first-order chi connectivity index (χ1) is 6.63. The van der Waals surface area contributed by atoms with Crippen LogP contribution in [0.2, 0.25) is 5.02 Å². The van der Waals surface area contributed by atoms with Gasteiger partial charge in [0.1, 0.15) is 5.75 Å². The average molecular weight is 214 g/mol. The lowest BCUT2D eigenvalue weighted by atomic mass is 10.2. The van der Waals surface area contributed by atoms with Crippen LogP contribution in [0, 0.1) is 0 Å². The van der Waals surface area contributed by atoms with Crippen LogP contribution >= 0.6 is 11.6 Å². The van der Waals surface area contributed by atoms with Gasteiger partial charge < -0.3 is 10.5 Å². The van der Waals surface area contributed by atoms with E-state index in [0.717, 1.165) is 12.8 Å². The average Bonchev–Trinajstić information content (AvgIpc) is 2.10. The highest BCUT2D eigenvalue weighted by Gasteiger charge is 2.06. The number of nitrogens with two attached hydrogens (primary N) is 1. The van der Waals surface area contributed by atoms with Crippen molar-refractivity contribution >= 4 is 17.3 Å². The summed E-state index contributed by atoms with van der Waals surface area (Å²) in [6.45, 7) is 4.17. The molecule has 3 heteroatoms. The Morgan fingerprint density at radius 3 is 2.79 bits per heavy atom. The molecule has 0 aromatic heterocycles. The van der Waals surface area contributed by atoms with Gasteiger partial charge in [-0.3, -0.25) is 0 Å². The Bertz CT molecular complexity index is 301. The summed E-state index contributed by atoms with van der Waals surface area (Å²) in [5.41, 5.74) is 6.23. The van der Waals surface area contributed by atoms with E-state index in [1.54, 1.807) is 12.1 Å². The summed E-state index contributed by atoms with van der Waals surface area (Å²) in [6, 6.07) is 5.30. The SMILES string of the molecule is CCCC(C)Oc1ccc(N)cc1Cl. The van der Waals surface area contributed by atoms with Gasteiger partial charge in [-0.15, -0.1) is 0 Å². The topological polar surface area (TPSA) is 35.2 Å². The molecule has 78 valence electrons. The van der Waals surface area contributed by atoms with Crippen LogP contribution in [0.15, 0.2) is 18.2 Å². The zero-order chi connectivity index (χ0) is 10.6. The number of nitrogen functional groups attached to an aromatic ring is 1. The van der Waals surface area contributed by atoms with E-state index in [9.17, 15) is 0 Å². The number of rotatable bonds is 4. The van der Waals surface area contributed by atoms with Crippen molar-refractivity contribution in [2.45, 2.75) is 32.8 Å². The van der Waals surface area contributed by atoms with Crippen molar-refractivity contribution in [3.63, 3.8) is 0 Å². The molecule has 1 rings (SSSR count). The Hall–Kier alpha value is -0.890. The van der Waals surface area contributed by atoms with Crippen molar-refractivity contribution in [1.29, 1.82) is 0 Å². The molecule has 1 atom stereocenters. The predicted molar refractivity (Wildman–Crippen MR) is 60.9 cm³/mol. The van der Waals surface area contributed by atoms with Gasteiger partial charge >= 0.3 is 0 Å². The number of hydrogen-bond donors (Lipinski definition) is 1. The van der Waals surface area contributed by atoms with E-state index in [1.807, 2.05) is 13.0 Å². The number of benzene rings is 1. The molecule has 0 bridgehead atoms. The third-order valence-electron chi connectivity index (χ3n) is 1.98. The van der Waals surface area contributed by atoms with Crippen molar-refractivity contribution in [1.82, 2.24) is 0 Å². The van der Waals surface area contributed by atoms with Crippen LogP contribution in [0.4, 0.5) is 5.69 Å². The molecule has 0 radical (unpaired) electrons. The molecule has 2 nitrogen and oxygen atoms in total. The van der Waals surface area contributed by atoms with Crippen LogP contribution in [-0.4, -0.2) is 6.10 Å². The minimum Gasteiger partial charge on any atom is -0.489 e. The molecule has 0 amide bonds. The lowest BCUT2D eigenvalue weighted by molar-refractivity contribution is 0.210. The van der Waals surface area contributed by atoms with Crippen molar-refractivity contribution in [2.24, 2.45) is 0 Å². The second-order valence-electron chi connectivity index (χ2n) is 3.41. The first-order valence-corrected chi connectivity index (χ1v) is 5.23. The van der Waals surface area contributed by atoms with Crippen LogP contribution in [0.1, 0.15) is 26.7 Å². The molecule has 0 aliphatic rings. The molecular formula is C11H16ClNO. The van der Waals surface area contributed by atoms with Crippen molar-refractivity contribution in [3.05, 3.63) is 23.2 Å². The maximum absolute atomic E-state index is 5.97. The normalized spacial score (nSPS) is 12.5. The fraction of sp³-hybridized carbons (Fsp3) is 0.455. The van der Waals surface area contributed by atoms with Gasteiger partial charge in [-0.25, -0.2) is 0 Å². The molecule has 2 N–H and O–H groups in total. The molecule has 0 saturated carbocycles. The second-order valence-corrected chi connectivity index (χ2v) is 3.81. The van der Waals surface area contributed by atoms with E-state index in [2.05, 4.69) is 6.92 Å². The highest BCUT2D eigenvalue weighted by molar-refractivity contribution is 6.32. The van der Waals surface area contributed by atoms with E-state index >= 15 is 0 Å². The van der Waals surface area contributed by atoms with Gasteiger partial charge in [-0.05, 0) is 31.5 Å². The third kappa shape index (κ3) is 3.11. The number of halogens is 1. The Morgan fingerprint density at radius 1 is 1.50 bits per heavy atom. The zero-order valence-electron chi connectivity index (χ0n) is 8.59. The summed E-state index contributed by atoms with van der Waals surface area (Å²) in [7, 11) is 0. The lowest BCUT2D eigenvalue weighted by Crippen LogP contribution is -2.11. The molecule has 0 heterocycles. The van der Waals surface area contributed by atoms with Gasteiger partial charge in [0, 0.05) is 5.69 Å². The van der Waals surface area contributed by atoms with Gasteiger partial charge in [-0.2, -0.15) is 0 Å². The zero-order valence-corrected chi connectivity index (χ0v) is 9.34. The lowest BCUT2D eigenvalue weighted by Gasteiger charge is -2.14. The molecule has 0 aliphatic carbocycles. The third-order valence-corrected chi connectivity index (χ3v) is 2.27. The molecule has 0 aliphatic heterocycles. The molecule has 0 spiro atoms. The number of ether oxygens (including phenoxy) is 1. The van der Waals surface area contributed by atoms with Gasteiger partial charge in [0.2, 0.25) is 0 Å². The molecule has 1 unspecified atom stereocenters. The minimum atomic E-state index is 0.195. The van der Waals surface area contributed by atoms with E-state index in [-0.39, 0.29) is 6.10 Å². The second kappa shape index (κ2) is 5.11. The summed E-state index contributed by atoms with van der Waals surface area (Å²) in [6.07, 6.45) is 2.33. The number of hydrogen-bond acceptors (Lipinski definition) is 2. The highest BCUT2D eigenvalue weighted by Crippen LogP contribution is 2.27. The summed E-state index contributed by atoms with van der Waals surface area (Å²) in [5.74, 6) is 0.710. The molecule has 14 heavy (non-hydrogen) atoms. The molecule has 1 aromatic carbocycles. The fourth-order valence-electron chi connectivity index (χ4n) is 1.29. The molecule has 0 fully saturated rings. The van der Waals surface area contributed by atoms with E-state index in [4.69, 9.17) is 22.1 Å². The first-order valence-electron chi connectivity index (χ1n) is 4.85. The summed E-state index contributed by atoms with van der Waals surface area (Å²) in [4.78, 5) is 0. The van der Waals surface area contributed by atoms with Crippen molar-refractivity contribution in [2.75, 3.05) is 5.73 Å². The fourth-order valence-corrected chi connectivity index (χ4v) is 1.53. The Labute approximate surface area is 90.0 Å². The van der Waals surface area contributed by atoms with E-state index in [0.29, 0.717) is 16.5 Å². The summed E-state index contributed by atoms with van der Waals surface area (Å²) < 4.78 is 5.65. The van der Waals surface area contributed by atoms with Gasteiger partial charge in [0.15, 0.2) is 0 Å². The largest absolute Gasteiger partial charge is 0.489 e. The highest BCUT2D eigenvalue weighted by atomic mass is 35.5. The van der Waals surface area contributed by atoms with Crippen molar-refractivity contribution < 1.29 is 4.74 Å². The van der Waals surface area contributed by atoms with Gasteiger partial charge in [-0.1, -0.05) is 24.9 Å².